The Morgan fingerprint density at radius 3 is 2.21 bits per heavy atom. The van der Waals surface area contributed by atoms with Crippen molar-refractivity contribution in [2.45, 2.75) is 18.7 Å². The van der Waals surface area contributed by atoms with E-state index in [0.717, 1.165) is 35.6 Å². The predicted molar refractivity (Wildman–Crippen MR) is 131 cm³/mol. The fraction of sp³-hybridized carbons (Fsp3) is 0.240. The Morgan fingerprint density at radius 1 is 0.909 bits per heavy atom. The Hall–Kier alpha value is -3.36. The van der Waals surface area contributed by atoms with Gasteiger partial charge in [-0.1, -0.05) is 17.7 Å². The number of hydrogen-bond donors (Lipinski definition) is 2. The van der Waals surface area contributed by atoms with Crippen molar-refractivity contribution >= 4 is 33.0 Å². The summed E-state index contributed by atoms with van der Waals surface area (Å²) in [6.45, 7) is 7.00. The lowest BCUT2D eigenvalue weighted by atomic mass is 10.1. The summed E-state index contributed by atoms with van der Waals surface area (Å²) >= 11 is 0. The molecule has 2 N–H and O–H groups in total. The van der Waals surface area contributed by atoms with Crippen LogP contribution < -0.4 is 14.9 Å². The van der Waals surface area contributed by atoms with Crippen molar-refractivity contribution < 1.29 is 17.9 Å². The molecule has 1 amide bonds. The number of rotatable bonds is 6. The second-order valence-electron chi connectivity index (χ2n) is 8.05. The van der Waals surface area contributed by atoms with Gasteiger partial charge in [-0.3, -0.25) is 9.52 Å². The first kappa shape index (κ1) is 22.8. The molecule has 7 nitrogen and oxygen atoms in total. The van der Waals surface area contributed by atoms with E-state index in [-0.39, 0.29) is 10.8 Å². The van der Waals surface area contributed by atoms with Crippen molar-refractivity contribution in [3.05, 3.63) is 83.4 Å². The summed E-state index contributed by atoms with van der Waals surface area (Å²) in [4.78, 5) is 15.1. The maximum absolute atomic E-state index is 12.7. The van der Waals surface area contributed by atoms with Crippen molar-refractivity contribution in [1.29, 1.82) is 0 Å². The van der Waals surface area contributed by atoms with Gasteiger partial charge in [-0.15, -0.1) is 0 Å². The van der Waals surface area contributed by atoms with Crippen LogP contribution in [0.25, 0.3) is 0 Å². The van der Waals surface area contributed by atoms with Crippen LogP contribution in [0.15, 0.2) is 71.6 Å². The second kappa shape index (κ2) is 9.64. The smallest absolute Gasteiger partial charge is 0.261 e. The lowest BCUT2D eigenvalue weighted by molar-refractivity contribution is 0.102. The molecule has 0 unspecified atom stereocenters. The molecule has 1 saturated heterocycles. The van der Waals surface area contributed by atoms with Gasteiger partial charge in [-0.2, -0.15) is 0 Å². The van der Waals surface area contributed by atoms with Crippen molar-refractivity contribution in [2.75, 3.05) is 41.2 Å². The monoisotopic (exact) mass is 465 g/mol. The molecule has 0 aromatic heterocycles. The normalized spacial score (nSPS) is 14.1. The highest BCUT2D eigenvalue weighted by Gasteiger charge is 2.16. The highest BCUT2D eigenvalue weighted by Crippen LogP contribution is 2.24. The minimum Gasteiger partial charge on any atom is -0.378 e. The van der Waals surface area contributed by atoms with E-state index in [1.165, 1.54) is 24.3 Å². The van der Waals surface area contributed by atoms with Crippen molar-refractivity contribution in [3.63, 3.8) is 0 Å². The third-order valence-electron chi connectivity index (χ3n) is 5.57. The van der Waals surface area contributed by atoms with Crippen LogP contribution in [-0.2, 0) is 14.8 Å². The molecule has 3 aromatic rings. The quantitative estimate of drug-likeness (QED) is 0.570. The van der Waals surface area contributed by atoms with Crippen LogP contribution in [0.2, 0.25) is 0 Å². The van der Waals surface area contributed by atoms with Gasteiger partial charge in [-0.05, 0) is 74.0 Å². The molecule has 1 aliphatic rings. The van der Waals surface area contributed by atoms with Crippen molar-refractivity contribution in [2.24, 2.45) is 0 Å². The average Bonchev–Trinajstić information content (AvgIpc) is 2.82. The fourth-order valence-electron chi connectivity index (χ4n) is 3.62. The van der Waals surface area contributed by atoms with Gasteiger partial charge < -0.3 is 15.0 Å². The second-order valence-corrected chi connectivity index (χ2v) is 9.73. The third-order valence-corrected chi connectivity index (χ3v) is 6.96. The van der Waals surface area contributed by atoms with Crippen LogP contribution >= 0.6 is 0 Å². The van der Waals surface area contributed by atoms with E-state index in [2.05, 4.69) is 14.9 Å². The number of carbonyl (C=O) groups is 1. The van der Waals surface area contributed by atoms with E-state index in [1.54, 1.807) is 12.1 Å². The van der Waals surface area contributed by atoms with Gasteiger partial charge in [0, 0.05) is 35.7 Å². The van der Waals surface area contributed by atoms with Crippen LogP contribution in [-0.4, -0.2) is 40.6 Å². The number of anilines is 3. The Labute approximate surface area is 194 Å². The predicted octanol–water partition coefficient (Wildman–Crippen LogP) is 4.19. The van der Waals surface area contributed by atoms with Gasteiger partial charge >= 0.3 is 0 Å². The molecule has 33 heavy (non-hydrogen) atoms. The first-order valence-corrected chi connectivity index (χ1v) is 12.2. The Balaban J connectivity index is 1.43. The molecule has 0 aliphatic carbocycles. The minimum atomic E-state index is -3.75. The van der Waals surface area contributed by atoms with Crippen LogP contribution in [0.4, 0.5) is 17.1 Å². The number of amides is 1. The number of sulfonamides is 1. The van der Waals surface area contributed by atoms with Crippen molar-refractivity contribution in [1.82, 2.24) is 0 Å². The van der Waals surface area contributed by atoms with Gasteiger partial charge in [0.15, 0.2) is 0 Å². The molecule has 0 radical (unpaired) electrons. The summed E-state index contributed by atoms with van der Waals surface area (Å²) < 4.78 is 33.2. The highest BCUT2D eigenvalue weighted by atomic mass is 32.2. The number of ether oxygens (including phenoxy) is 1. The Kier molecular flexibility index (Phi) is 6.67. The maximum atomic E-state index is 12.7. The lowest BCUT2D eigenvalue weighted by Crippen LogP contribution is -2.36. The van der Waals surface area contributed by atoms with E-state index < -0.39 is 10.0 Å². The van der Waals surface area contributed by atoms with Crippen LogP contribution in [0.3, 0.4) is 0 Å². The molecule has 1 aliphatic heterocycles. The van der Waals surface area contributed by atoms with E-state index in [4.69, 9.17) is 4.74 Å². The van der Waals surface area contributed by atoms with Gasteiger partial charge in [0.1, 0.15) is 0 Å². The first-order chi connectivity index (χ1) is 15.8. The topological polar surface area (TPSA) is 87.7 Å². The number of nitrogens with one attached hydrogen (secondary N) is 2. The van der Waals surface area contributed by atoms with Gasteiger partial charge in [0.25, 0.3) is 15.9 Å². The van der Waals surface area contributed by atoms with E-state index >= 15 is 0 Å². The van der Waals surface area contributed by atoms with Gasteiger partial charge in [-0.25, -0.2) is 8.42 Å². The SMILES string of the molecule is Cc1ccc(NS(=O)(=O)c2ccc(C(=O)Nc3ccc(N4CCOCC4)cc3C)cc2)cc1. The zero-order chi connectivity index (χ0) is 23.4. The minimum absolute atomic E-state index is 0.0886. The van der Waals surface area contributed by atoms with Crippen LogP contribution in [0.1, 0.15) is 21.5 Å². The fourth-order valence-corrected chi connectivity index (χ4v) is 4.68. The molecule has 8 heteroatoms. The van der Waals surface area contributed by atoms with Crippen LogP contribution in [0, 0.1) is 13.8 Å². The number of benzene rings is 3. The molecular weight excluding hydrogens is 438 g/mol. The van der Waals surface area contributed by atoms with Crippen LogP contribution in [0.5, 0.6) is 0 Å². The summed E-state index contributed by atoms with van der Waals surface area (Å²) in [7, 11) is -3.75. The standard InChI is InChI=1S/C25H27N3O4S/c1-18-3-7-21(8-4-18)27-33(30,31)23-10-5-20(6-11-23)25(29)26-24-12-9-22(17-19(24)2)28-13-15-32-16-14-28/h3-12,17,27H,13-16H2,1-2H3,(H,26,29). The summed E-state index contributed by atoms with van der Waals surface area (Å²) in [5, 5.41) is 2.91. The largest absolute Gasteiger partial charge is 0.378 e. The lowest BCUT2D eigenvalue weighted by Gasteiger charge is -2.29. The summed E-state index contributed by atoms with van der Waals surface area (Å²) in [5.41, 5.74) is 4.67. The van der Waals surface area contributed by atoms with E-state index in [0.29, 0.717) is 24.5 Å². The third kappa shape index (κ3) is 5.53. The zero-order valence-electron chi connectivity index (χ0n) is 18.7. The molecule has 172 valence electrons. The number of hydrogen-bond acceptors (Lipinski definition) is 5. The average molecular weight is 466 g/mol. The maximum Gasteiger partial charge on any atom is 0.261 e. The summed E-state index contributed by atoms with van der Waals surface area (Å²) in [6.07, 6.45) is 0. The van der Waals surface area contributed by atoms with E-state index in [1.807, 2.05) is 44.2 Å². The molecule has 0 bridgehead atoms. The molecule has 0 atom stereocenters. The Bertz CT molecular complexity index is 1230. The molecule has 0 saturated carbocycles. The van der Waals surface area contributed by atoms with E-state index in [9.17, 15) is 13.2 Å². The summed E-state index contributed by atoms with van der Waals surface area (Å²) in [6, 6.07) is 18.9. The molecule has 0 spiro atoms. The van der Waals surface area contributed by atoms with Gasteiger partial charge in [0.2, 0.25) is 0 Å². The Morgan fingerprint density at radius 2 is 1.58 bits per heavy atom. The molecular formula is C25H27N3O4S. The number of aryl methyl sites for hydroxylation is 2. The molecule has 1 fully saturated rings. The van der Waals surface area contributed by atoms with Gasteiger partial charge in [0.05, 0.1) is 18.1 Å². The summed E-state index contributed by atoms with van der Waals surface area (Å²) in [5.74, 6) is -0.298. The zero-order valence-corrected chi connectivity index (χ0v) is 19.5. The number of morpholine rings is 1. The highest BCUT2D eigenvalue weighted by molar-refractivity contribution is 7.92. The molecule has 4 rings (SSSR count). The van der Waals surface area contributed by atoms with Crippen molar-refractivity contribution in [3.8, 4) is 0 Å². The number of carbonyl (C=O) groups excluding carboxylic acids is 1. The molecule has 1 heterocycles. The molecule has 3 aromatic carbocycles. The number of nitrogens with zero attached hydrogens (tertiary/aromatic N) is 1. The first-order valence-electron chi connectivity index (χ1n) is 10.8.